The van der Waals surface area contributed by atoms with E-state index in [2.05, 4.69) is 44.4 Å². The van der Waals surface area contributed by atoms with Crippen molar-refractivity contribution in [2.45, 2.75) is 85.2 Å². The van der Waals surface area contributed by atoms with E-state index in [9.17, 15) is 0 Å². The second-order valence-electron chi connectivity index (χ2n) is 8.44. The smallest absolute Gasteiger partial charge is 0.00695 e. The number of hydrogen-bond donors (Lipinski definition) is 0. The summed E-state index contributed by atoms with van der Waals surface area (Å²) in [6, 6.07) is 1.58. The molecule has 0 aromatic heterocycles. The van der Waals surface area contributed by atoms with E-state index in [4.69, 9.17) is 0 Å². The van der Waals surface area contributed by atoms with Gasteiger partial charge in [-0.2, -0.15) is 0 Å². The second-order valence-corrected chi connectivity index (χ2v) is 8.44. The molecule has 0 saturated carbocycles. The average molecular weight is 309 g/mol. The van der Waals surface area contributed by atoms with Crippen LogP contribution in [0.5, 0.6) is 0 Å². The quantitative estimate of drug-likeness (QED) is 0.705. The van der Waals surface area contributed by atoms with Crippen LogP contribution in [0.4, 0.5) is 0 Å². The van der Waals surface area contributed by atoms with Gasteiger partial charge in [0.05, 0.1) is 0 Å². The molecule has 22 heavy (non-hydrogen) atoms. The molecule has 2 rings (SSSR count). The molecule has 2 unspecified atom stereocenters. The molecule has 2 nitrogen and oxygen atoms in total. The van der Waals surface area contributed by atoms with E-state index in [1.54, 1.807) is 0 Å². The molecule has 0 N–H and O–H groups in total. The molecule has 0 amide bonds. The fraction of sp³-hybridized carbons (Fsp3) is 1.00. The van der Waals surface area contributed by atoms with Gasteiger partial charge in [0.25, 0.3) is 0 Å². The molecule has 2 aliphatic heterocycles. The minimum Gasteiger partial charge on any atom is -0.301 e. The minimum absolute atomic E-state index is 0.786. The molecule has 2 atom stereocenters. The Hall–Kier alpha value is -0.0800. The van der Waals surface area contributed by atoms with Gasteiger partial charge in [0.1, 0.15) is 0 Å². The first kappa shape index (κ1) is 18.3. The summed E-state index contributed by atoms with van der Waals surface area (Å²) in [6.07, 6.45) is 8.43. The maximum atomic E-state index is 2.78. The van der Waals surface area contributed by atoms with Crippen LogP contribution in [0.2, 0.25) is 0 Å². The van der Waals surface area contributed by atoms with Gasteiger partial charge in [-0.15, -0.1) is 0 Å². The Morgan fingerprint density at radius 3 is 1.77 bits per heavy atom. The summed E-state index contributed by atoms with van der Waals surface area (Å²) >= 11 is 0. The largest absolute Gasteiger partial charge is 0.301 e. The predicted molar refractivity (Wildman–Crippen MR) is 97.3 cm³/mol. The van der Waals surface area contributed by atoms with Crippen molar-refractivity contribution < 1.29 is 0 Å². The van der Waals surface area contributed by atoms with Crippen LogP contribution in [-0.2, 0) is 0 Å². The zero-order valence-corrected chi connectivity index (χ0v) is 15.9. The van der Waals surface area contributed by atoms with Crippen molar-refractivity contribution in [3.05, 3.63) is 0 Å². The van der Waals surface area contributed by atoms with Crippen LogP contribution in [-0.4, -0.2) is 48.1 Å². The monoisotopic (exact) mass is 308 g/mol. The van der Waals surface area contributed by atoms with E-state index >= 15 is 0 Å². The highest BCUT2D eigenvalue weighted by atomic mass is 15.2. The van der Waals surface area contributed by atoms with Crippen LogP contribution in [0, 0.1) is 17.8 Å². The van der Waals surface area contributed by atoms with Crippen molar-refractivity contribution in [1.29, 1.82) is 0 Å². The summed E-state index contributed by atoms with van der Waals surface area (Å²) in [6.45, 7) is 17.3. The van der Waals surface area contributed by atoms with E-state index in [-0.39, 0.29) is 0 Å². The minimum atomic E-state index is 0.786. The lowest BCUT2D eigenvalue weighted by Crippen LogP contribution is -2.44. The van der Waals surface area contributed by atoms with Gasteiger partial charge in [0.15, 0.2) is 0 Å². The van der Waals surface area contributed by atoms with Crippen molar-refractivity contribution in [1.82, 2.24) is 9.80 Å². The highest BCUT2D eigenvalue weighted by molar-refractivity contribution is 4.82. The molecule has 2 aliphatic rings. The SMILES string of the molecule is CCC(C)N1CCC(CC(C)N2CCC(C(C)C)CC2)CC1. The number of likely N-dealkylation sites (tertiary alicyclic amines) is 2. The van der Waals surface area contributed by atoms with Crippen molar-refractivity contribution in [3.63, 3.8) is 0 Å². The molecule has 130 valence electrons. The molecular weight excluding hydrogens is 268 g/mol. The average Bonchev–Trinajstić information content (AvgIpc) is 2.54. The van der Waals surface area contributed by atoms with Crippen LogP contribution >= 0.6 is 0 Å². The predicted octanol–water partition coefficient (Wildman–Crippen LogP) is 4.64. The zero-order chi connectivity index (χ0) is 16.1. The molecule has 2 saturated heterocycles. The van der Waals surface area contributed by atoms with E-state index in [0.717, 1.165) is 29.8 Å². The van der Waals surface area contributed by atoms with E-state index < -0.39 is 0 Å². The zero-order valence-electron chi connectivity index (χ0n) is 15.9. The molecule has 2 fully saturated rings. The topological polar surface area (TPSA) is 6.48 Å². The first-order valence-electron chi connectivity index (χ1n) is 9.99. The van der Waals surface area contributed by atoms with Crippen LogP contribution in [0.3, 0.4) is 0 Å². The third-order valence-electron chi connectivity index (χ3n) is 6.68. The normalized spacial score (nSPS) is 26.5. The van der Waals surface area contributed by atoms with Crippen molar-refractivity contribution in [2.24, 2.45) is 17.8 Å². The van der Waals surface area contributed by atoms with E-state index in [1.165, 1.54) is 64.7 Å². The lowest BCUT2D eigenvalue weighted by molar-refractivity contribution is 0.0859. The molecule has 0 spiro atoms. The van der Waals surface area contributed by atoms with Gasteiger partial charge in [0.2, 0.25) is 0 Å². The Labute approximate surface area is 139 Å². The Bertz CT molecular complexity index is 299. The fourth-order valence-corrected chi connectivity index (χ4v) is 4.55. The maximum absolute atomic E-state index is 2.78. The van der Waals surface area contributed by atoms with Gasteiger partial charge in [-0.25, -0.2) is 0 Å². The van der Waals surface area contributed by atoms with E-state index in [1.807, 2.05) is 0 Å². The summed E-state index contributed by atoms with van der Waals surface area (Å²) < 4.78 is 0. The van der Waals surface area contributed by atoms with Gasteiger partial charge in [-0.05, 0) is 96.3 Å². The lowest BCUT2D eigenvalue weighted by atomic mass is 9.85. The summed E-state index contributed by atoms with van der Waals surface area (Å²) in [5.41, 5.74) is 0. The van der Waals surface area contributed by atoms with Gasteiger partial charge < -0.3 is 9.80 Å². The van der Waals surface area contributed by atoms with Crippen LogP contribution in [0.25, 0.3) is 0 Å². The molecular formula is C20H40N2. The molecule has 0 bridgehead atoms. The molecule has 0 aromatic rings. The molecule has 2 heterocycles. The fourth-order valence-electron chi connectivity index (χ4n) is 4.55. The van der Waals surface area contributed by atoms with Gasteiger partial charge in [-0.3, -0.25) is 0 Å². The first-order chi connectivity index (χ1) is 10.5. The Morgan fingerprint density at radius 2 is 1.27 bits per heavy atom. The van der Waals surface area contributed by atoms with Crippen molar-refractivity contribution >= 4 is 0 Å². The molecule has 2 heteroatoms. The van der Waals surface area contributed by atoms with Crippen molar-refractivity contribution in [3.8, 4) is 0 Å². The molecule has 0 aliphatic carbocycles. The summed E-state index contributed by atoms with van der Waals surface area (Å²) in [4.78, 5) is 5.48. The Balaban J connectivity index is 1.69. The standard InChI is InChI=1S/C20H40N2/c1-6-17(4)21-11-7-19(8-12-21)15-18(5)22-13-9-20(10-14-22)16(2)3/h16-20H,6-15H2,1-5H3. The first-order valence-corrected chi connectivity index (χ1v) is 9.99. The van der Waals surface area contributed by atoms with Crippen molar-refractivity contribution in [2.75, 3.05) is 26.2 Å². The molecule has 0 aromatic carbocycles. The lowest BCUT2D eigenvalue weighted by Gasteiger charge is -2.40. The van der Waals surface area contributed by atoms with E-state index in [0.29, 0.717) is 0 Å². The third-order valence-corrected chi connectivity index (χ3v) is 6.68. The second kappa shape index (κ2) is 8.68. The summed E-state index contributed by atoms with van der Waals surface area (Å²) in [5.74, 6) is 2.82. The molecule has 0 radical (unpaired) electrons. The number of rotatable bonds is 6. The van der Waals surface area contributed by atoms with Gasteiger partial charge in [-0.1, -0.05) is 20.8 Å². The van der Waals surface area contributed by atoms with Crippen LogP contribution in [0.1, 0.15) is 73.1 Å². The maximum Gasteiger partial charge on any atom is 0.00695 e. The highest BCUT2D eigenvalue weighted by Gasteiger charge is 2.28. The van der Waals surface area contributed by atoms with Gasteiger partial charge in [0, 0.05) is 12.1 Å². The Kier molecular flexibility index (Phi) is 7.21. The summed E-state index contributed by atoms with van der Waals surface area (Å²) in [7, 11) is 0. The van der Waals surface area contributed by atoms with Crippen LogP contribution in [0.15, 0.2) is 0 Å². The Morgan fingerprint density at radius 1 is 0.773 bits per heavy atom. The summed E-state index contributed by atoms with van der Waals surface area (Å²) in [5, 5.41) is 0. The number of hydrogen-bond acceptors (Lipinski definition) is 2. The third kappa shape index (κ3) is 4.96. The van der Waals surface area contributed by atoms with Crippen LogP contribution < -0.4 is 0 Å². The number of piperidine rings is 2. The number of nitrogens with zero attached hydrogens (tertiary/aromatic N) is 2. The van der Waals surface area contributed by atoms with Gasteiger partial charge >= 0.3 is 0 Å². The highest BCUT2D eigenvalue weighted by Crippen LogP contribution is 2.29.